The minimum Gasteiger partial charge on any atom is -0.377 e. The first-order chi connectivity index (χ1) is 8.20. The molecule has 0 radical (unpaired) electrons. The Kier molecular flexibility index (Phi) is 4.20. The molecule has 1 aromatic carbocycles. The lowest BCUT2D eigenvalue weighted by Crippen LogP contribution is -2.19. The van der Waals surface area contributed by atoms with Crippen LogP contribution in [0.1, 0.15) is 13.8 Å². The van der Waals surface area contributed by atoms with Crippen LogP contribution in [0.2, 0.25) is 5.02 Å². The van der Waals surface area contributed by atoms with Crippen molar-refractivity contribution in [3.05, 3.63) is 23.2 Å². The van der Waals surface area contributed by atoms with E-state index in [4.69, 9.17) is 16.3 Å². The lowest BCUT2D eigenvalue weighted by Gasteiger charge is -2.11. The van der Waals surface area contributed by atoms with Gasteiger partial charge in [0, 0.05) is 13.2 Å². The van der Waals surface area contributed by atoms with Gasteiger partial charge in [0.15, 0.2) is 5.13 Å². The third kappa shape index (κ3) is 3.09. The zero-order valence-electron chi connectivity index (χ0n) is 9.87. The molecule has 0 amide bonds. The first kappa shape index (κ1) is 12.6. The largest absolute Gasteiger partial charge is 0.377 e. The molecular formula is C12H15ClN2OS. The van der Waals surface area contributed by atoms with Crippen molar-refractivity contribution in [2.45, 2.75) is 20.0 Å². The minimum absolute atomic E-state index is 0.183. The van der Waals surface area contributed by atoms with E-state index in [9.17, 15) is 0 Å². The molecule has 5 heteroatoms. The number of fused-ring (bicyclic) bond motifs is 1. The second-order valence-electron chi connectivity index (χ2n) is 3.75. The number of nitrogens with one attached hydrogen (secondary N) is 1. The fraction of sp³-hybridized carbons (Fsp3) is 0.417. The maximum atomic E-state index is 6.10. The van der Waals surface area contributed by atoms with Crippen molar-refractivity contribution in [3.63, 3.8) is 0 Å². The molecule has 92 valence electrons. The first-order valence-electron chi connectivity index (χ1n) is 5.61. The van der Waals surface area contributed by atoms with E-state index in [1.54, 1.807) is 11.3 Å². The van der Waals surface area contributed by atoms with Crippen molar-refractivity contribution in [1.82, 2.24) is 4.98 Å². The number of nitrogens with zero attached hydrogens (tertiary/aromatic N) is 1. The number of hydrogen-bond acceptors (Lipinski definition) is 4. The Morgan fingerprint density at radius 1 is 1.53 bits per heavy atom. The van der Waals surface area contributed by atoms with Crippen molar-refractivity contribution < 1.29 is 4.74 Å². The van der Waals surface area contributed by atoms with Crippen LogP contribution in [0.3, 0.4) is 0 Å². The van der Waals surface area contributed by atoms with Gasteiger partial charge in [0.1, 0.15) is 0 Å². The fourth-order valence-electron chi connectivity index (χ4n) is 1.57. The molecule has 1 N–H and O–H groups in total. The van der Waals surface area contributed by atoms with Gasteiger partial charge in [-0.25, -0.2) is 4.98 Å². The summed E-state index contributed by atoms with van der Waals surface area (Å²) in [4.78, 5) is 4.47. The molecule has 0 aliphatic heterocycles. The van der Waals surface area contributed by atoms with Crippen molar-refractivity contribution >= 4 is 38.3 Å². The molecular weight excluding hydrogens is 256 g/mol. The van der Waals surface area contributed by atoms with Gasteiger partial charge in [-0.05, 0) is 26.0 Å². The maximum Gasteiger partial charge on any atom is 0.183 e. The Bertz CT molecular complexity index is 500. The zero-order valence-corrected chi connectivity index (χ0v) is 11.4. The SMILES string of the molecule is CCOC(C)CNc1nc2cccc(Cl)c2s1. The van der Waals surface area contributed by atoms with E-state index < -0.39 is 0 Å². The highest BCUT2D eigenvalue weighted by molar-refractivity contribution is 7.22. The number of benzene rings is 1. The molecule has 1 unspecified atom stereocenters. The Morgan fingerprint density at radius 3 is 3.06 bits per heavy atom. The summed E-state index contributed by atoms with van der Waals surface area (Å²) in [5.41, 5.74) is 0.939. The number of ether oxygens (including phenoxy) is 1. The molecule has 0 saturated carbocycles. The van der Waals surface area contributed by atoms with Gasteiger partial charge in [0.2, 0.25) is 0 Å². The van der Waals surface area contributed by atoms with Crippen LogP contribution in [-0.2, 0) is 4.74 Å². The quantitative estimate of drug-likeness (QED) is 0.898. The van der Waals surface area contributed by atoms with Crippen LogP contribution in [0.15, 0.2) is 18.2 Å². The Labute approximate surface area is 110 Å². The van der Waals surface area contributed by atoms with Crippen LogP contribution in [-0.4, -0.2) is 24.2 Å². The van der Waals surface area contributed by atoms with Gasteiger partial charge in [-0.3, -0.25) is 0 Å². The molecule has 0 saturated heterocycles. The van der Waals surface area contributed by atoms with Crippen LogP contribution in [0.25, 0.3) is 10.2 Å². The summed E-state index contributed by atoms with van der Waals surface area (Å²) >= 11 is 7.67. The van der Waals surface area contributed by atoms with E-state index in [-0.39, 0.29) is 6.10 Å². The molecule has 1 aromatic heterocycles. The van der Waals surface area contributed by atoms with Crippen LogP contribution >= 0.6 is 22.9 Å². The van der Waals surface area contributed by atoms with Gasteiger partial charge in [0.25, 0.3) is 0 Å². The minimum atomic E-state index is 0.183. The summed E-state index contributed by atoms with van der Waals surface area (Å²) < 4.78 is 6.48. The Hall–Kier alpha value is -0.840. The van der Waals surface area contributed by atoms with Gasteiger partial charge >= 0.3 is 0 Å². The molecule has 17 heavy (non-hydrogen) atoms. The average Bonchev–Trinajstić information content (AvgIpc) is 2.71. The van der Waals surface area contributed by atoms with Gasteiger partial charge in [-0.15, -0.1) is 0 Å². The summed E-state index contributed by atoms with van der Waals surface area (Å²) in [6.45, 7) is 5.52. The van der Waals surface area contributed by atoms with Crippen LogP contribution < -0.4 is 5.32 Å². The number of hydrogen-bond donors (Lipinski definition) is 1. The summed E-state index contributed by atoms with van der Waals surface area (Å²) in [5.74, 6) is 0. The number of aromatic nitrogens is 1. The predicted molar refractivity (Wildman–Crippen MR) is 74.2 cm³/mol. The van der Waals surface area contributed by atoms with Crippen LogP contribution in [0.4, 0.5) is 5.13 Å². The highest BCUT2D eigenvalue weighted by atomic mass is 35.5. The molecule has 0 spiro atoms. The third-order valence-electron chi connectivity index (χ3n) is 2.36. The summed E-state index contributed by atoms with van der Waals surface area (Å²) in [5, 5.41) is 4.91. The average molecular weight is 271 g/mol. The van der Waals surface area contributed by atoms with Crippen molar-refractivity contribution in [3.8, 4) is 0 Å². The molecule has 0 aliphatic rings. The molecule has 0 aliphatic carbocycles. The highest BCUT2D eigenvalue weighted by Gasteiger charge is 2.07. The van der Waals surface area contributed by atoms with E-state index in [2.05, 4.69) is 10.3 Å². The Balaban J connectivity index is 2.07. The fourth-order valence-corrected chi connectivity index (χ4v) is 2.73. The van der Waals surface area contributed by atoms with E-state index in [0.29, 0.717) is 0 Å². The monoisotopic (exact) mass is 270 g/mol. The summed E-state index contributed by atoms with van der Waals surface area (Å²) in [6, 6.07) is 5.76. The van der Waals surface area contributed by atoms with Crippen LogP contribution in [0.5, 0.6) is 0 Å². The Morgan fingerprint density at radius 2 is 2.35 bits per heavy atom. The molecule has 2 rings (SSSR count). The van der Waals surface area contributed by atoms with Gasteiger partial charge in [0.05, 0.1) is 21.3 Å². The topological polar surface area (TPSA) is 34.1 Å². The molecule has 3 nitrogen and oxygen atoms in total. The standard InChI is InChI=1S/C12H15ClN2OS/c1-3-16-8(2)7-14-12-15-10-6-4-5-9(13)11(10)17-12/h4-6,8H,3,7H2,1-2H3,(H,14,15). The predicted octanol–water partition coefficient (Wildman–Crippen LogP) is 3.79. The number of thiazole rings is 1. The molecule has 1 atom stereocenters. The van der Waals surface area contributed by atoms with Gasteiger partial charge in [-0.2, -0.15) is 0 Å². The van der Waals surface area contributed by atoms with Crippen molar-refractivity contribution in [1.29, 1.82) is 0 Å². The van der Waals surface area contributed by atoms with Crippen LogP contribution in [0, 0.1) is 0 Å². The number of halogens is 1. The second-order valence-corrected chi connectivity index (χ2v) is 5.16. The maximum absolute atomic E-state index is 6.10. The van der Waals surface area contributed by atoms with Crippen molar-refractivity contribution in [2.75, 3.05) is 18.5 Å². The smallest absolute Gasteiger partial charge is 0.183 e. The lowest BCUT2D eigenvalue weighted by atomic mass is 10.3. The third-order valence-corrected chi connectivity index (χ3v) is 3.85. The summed E-state index contributed by atoms with van der Waals surface area (Å²) in [7, 11) is 0. The molecule has 0 fully saturated rings. The zero-order chi connectivity index (χ0) is 12.3. The van der Waals surface area contributed by atoms with E-state index in [1.807, 2.05) is 32.0 Å². The molecule has 0 bridgehead atoms. The highest BCUT2D eigenvalue weighted by Crippen LogP contribution is 2.31. The van der Waals surface area contributed by atoms with Crippen molar-refractivity contribution in [2.24, 2.45) is 0 Å². The van der Waals surface area contributed by atoms with E-state index >= 15 is 0 Å². The second kappa shape index (κ2) is 5.67. The molecule has 1 heterocycles. The van der Waals surface area contributed by atoms with Gasteiger partial charge < -0.3 is 10.1 Å². The first-order valence-corrected chi connectivity index (χ1v) is 6.80. The number of rotatable bonds is 5. The normalized spacial score (nSPS) is 12.9. The van der Waals surface area contributed by atoms with Gasteiger partial charge in [-0.1, -0.05) is 29.0 Å². The summed E-state index contributed by atoms with van der Waals surface area (Å²) in [6.07, 6.45) is 0.183. The number of anilines is 1. The molecule has 2 aromatic rings. The lowest BCUT2D eigenvalue weighted by molar-refractivity contribution is 0.0855. The van der Waals surface area contributed by atoms with E-state index in [1.165, 1.54) is 0 Å². The van der Waals surface area contributed by atoms with E-state index in [0.717, 1.165) is 33.5 Å².